The van der Waals surface area contributed by atoms with E-state index in [-0.39, 0.29) is 11.9 Å². The quantitative estimate of drug-likeness (QED) is 0.923. The summed E-state index contributed by atoms with van der Waals surface area (Å²) in [6.07, 6.45) is 1.52. The van der Waals surface area contributed by atoms with Crippen LogP contribution in [-0.4, -0.2) is 36.3 Å². The SMILES string of the molecule is COc1c(F)ccc(CN2C[C@H]3CC(O)C[C@H]3C2)c1F. The summed E-state index contributed by atoms with van der Waals surface area (Å²) in [6, 6.07) is 2.73. The predicted molar refractivity (Wildman–Crippen MR) is 70.4 cm³/mol. The van der Waals surface area contributed by atoms with E-state index in [4.69, 9.17) is 4.74 Å². The van der Waals surface area contributed by atoms with Crippen LogP contribution in [-0.2, 0) is 6.54 Å². The van der Waals surface area contributed by atoms with Crippen LogP contribution in [0.25, 0.3) is 0 Å². The van der Waals surface area contributed by atoms with Crippen LogP contribution in [0.1, 0.15) is 18.4 Å². The molecular weight excluding hydrogens is 264 g/mol. The molecule has 1 saturated heterocycles. The van der Waals surface area contributed by atoms with Gasteiger partial charge in [-0.1, -0.05) is 6.07 Å². The van der Waals surface area contributed by atoms with Gasteiger partial charge in [0.15, 0.2) is 17.4 Å². The molecule has 1 aliphatic carbocycles. The van der Waals surface area contributed by atoms with E-state index in [1.165, 1.54) is 19.2 Å². The van der Waals surface area contributed by atoms with Crippen molar-refractivity contribution in [3.63, 3.8) is 0 Å². The van der Waals surface area contributed by atoms with Gasteiger partial charge >= 0.3 is 0 Å². The average molecular weight is 283 g/mol. The molecule has 3 rings (SSSR count). The van der Waals surface area contributed by atoms with Crippen molar-refractivity contribution in [2.45, 2.75) is 25.5 Å². The fraction of sp³-hybridized carbons (Fsp3) is 0.600. The third-order valence-corrected chi connectivity index (χ3v) is 4.53. The van der Waals surface area contributed by atoms with E-state index in [0.29, 0.717) is 23.9 Å². The van der Waals surface area contributed by atoms with Crippen molar-refractivity contribution in [1.82, 2.24) is 4.90 Å². The number of nitrogens with zero attached hydrogens (tertiary/aromatic N) is 1. The second-order valence-electron chi connectivity index (χ2n) is 5.89. The summed E-state index contributed by atoms with van der Waals surface area (Å²) in [5, 5.41) is 9.62. The van der Waals surface area contributed by atoms with E-state index in [0.717, 1.165) is 25.9 Å². The van der Waals surface area contributed by atoms with Gasteiger partial charge in [0.2, 0.25) is 0 Å². The molecule has 1 aliphatic heterocycles. The van der Waals surface area contributed by atoms with Gasteiger partial charge in [0.25, 0.3) is 0 Å². The fourth-order valence-corrected chi connectivity index (χ4v) is 3.62. The summed E-state index contributed by atoms with van der Waals surface area (Å²) in [4.78, 5) is 2.18. The number of benzene rings is 1. The van der Waals surface area contributed by atoms with Gasteiger partial charge in [-0.3, -0.25) is 4.90 Å². The maximum Gasteiger partial charge on any atom is 0.190 e. The zero-order valence-electron chi connectivity index (χ0n) is 11.5. The van der Waals surface area contributed by atoms with Crippen LogP contribution in [0.2, 0.25) is 0 Å². The van der Waals surface area contributed by atoms with Crippen LogP contribution in [0.3, 0.4) is 0 Å². The summed E-state index contributed by atoms with van der Waals surface area (Å²) in [5.41, 5.74) is 0.462. The normalized spacial score (nSPS) is 29.7. The minimum Gasteiger partial charge on any atom is -0.491 e. The van der Waals surface area contributed by atoms with E-state index < -0.39 is 11.6 Å². The Labute approximate surface area is 117 Å². The Kier molecular flexibility index (Phi) is 3.65. The van der Waals surface area contributed by atoms with Crippen molar-refractivity contribution in [1.29, 1.82) is 0 Å². The van der Waals surface area contributed by atoms with Crippen molar-refractivity contribution in [2.24, 2.45) is 11.8 Å². The number of likely N-dealkylation sites (tertiary alicyclic amines) is 1. The Hall–Kier alpha value is -1.20. The monoisotopic (exact) mass is 283 g/mol. The lowest BCUT2D eigenvalue weighted by Crippen LogP contribution is -2.23. The molecule has 3 atom stereocenters. The van der Waals surface area contributed by atoms with Crippen molar-refractivity contribution in [2.75, 3.05) is 20.2 Å². The lowest BCUT2D eigenvalue weighted by atomic mass is 10.0. The maximum atomic E-state index is 14.1. The van der Waals surface area contributed by atoms with Crippen LogP contribution in [0.15, 0.2) is 12.1 Å². The van der Waals surface area contributed by atoms with Gasteiger partial charge in [-0.05, 0) is 30.7 Å². The van der Waals surface area contributed by atoms with Gasteiger partial charge in [0.1, 0.15) is 0 Å². The molecule has 1 heterocycles. The van der Waals surface area contributed by atoms with E-state index >= 15 is 0 Å². The molecule has 0 amide bonds. The highest BCUT2D eigenvalue weighted by Gasteiger charge is 2.40. The number of ether oxygens (including phenoxy) is 1. The highest BCUT2D eigenvalue weighted by atomic mass is 19.1. The maximum absolute atomic E-state index is 14.1. The summed E-state index contributed by atoms with van der Waals surface area (Å²) < 4.78 is 32.2. The van der Waals surface area contributed by atoms with Gasteiger partial charge in [0, 0.05) is 25.2 Å². The number of fused-ring (bicyclic) bond motifs is 1. The lowest BCUT2D eigenvalue weighted by molar-refractivity contribution is 0.160. The highest BCUT2D eigenvalue weighted by Crippen LogP contribution is 2.38. The third kappa shape index (κ3) is 2.40. The molecule has 1 unspecified atom stereocenters. The Bertz CT molecular complexity index is 495. The number of aliphatic hydroxyl groups excluding tert-OH is 1. The van der Waals surface area contributed by atoms with Crippen LogP contribution in [0.4, 0.5) is 8.78 Å². The summed E-state index contributed by atoms with van der Waals surface area (Å²) in [6.45, 7) is 2.22. The molecule has 5 heteroatoms. The summed E-state index contributed by atoms with van der Waals surface area (Å²) in [5.74, 6) is -0.567. The number of methoxy groups -OCH3 is 1. The molecule has 3 nitrogen and oxygen atoms in total. The molecule has 1 aromatic carbocycles. The van der Waals surface area contributed by atoms with E-state index in [2.05, 4.69) is 4.90 Å². The number of hydrogen-bond acceptors (Lipinski definition) is 3. The van der Waals surface area contributed by atoms with Crippen molar-refractivity contribution in [3.8, 4) is 5.75 Å². The Morgan fingerprint density at radius 3 is 2.50 bits per heavy atom. The smallest absolute Gasteiger partial charge is 0.190 e. The largest absolute Gasteiger partial charge is 0.491 e. The predicted octanol–water partition coefficient (Wildman–Crippen LogP) is 2.18. The van der Waals surface area contributed by atoms with E-state index in [1.807, 2.05) is 0 Å². The Balaban J connectivity index is 1.71. The molecule has 1 aromatic rings. The van der Waals surface area contributed by atoms with E-state index in [9.17, 15) is 13.9 Å². The fourth-order valence-electron chi connectivity index (χ4n) is 3.62. The molecule has 2 fully saturated rings. The molecule has 0 spiro atoms. The van der Waals surface area contributed by atoms with Crippen molar-refractivity contribution < 1.29 is 18.6 Å². The van der Waals surface area contributed by atoms with Crippen molar-refractivity contribution in [3.05, 3.63) is 29.3 Å². The lowest BCUT2D eigenvalue weighted by Gasteiger charge is -2.18. The second kappa shape index (κ2) is 5.30. The van der Waals surface area contributed by atoms with Crippen LogP contribution in [0, 0.1) is 23.5 Å². The average Bonchev–Trinajstić information content (AvgIpc) is 2.90. The van der Waals surface area contributed by atoms with Gasteiger partial charge in [0.05, 0.1) is 13.2 Å². The number of aliphatic hydroxyl groups is 1. The number of hydrogen-bond donors (Lipinski definition) is 1. The molecule has 0 bridgehead atoms. The van der Waals surface area contributed by atoms with Gasteiger partial charge in [-0.15, -0.1) is 0 Å². The molecule has 2 aliphatic rings. The minimum absolute atomic E-state index is 0.171. The molecule has 1 saturated carbocycles. The topological polar surface area (TPSA) is 32.7 Å². The van der Waals surface area contributed by atoms with Gasteiger partial charge in [-0.25, -0.2) is 8.78 Å². The first kappa shape index (κ1) is 13.8. The zero-order chi connectivity index (χ0) is 14.3. The molecule has 0 aromatic heterocycles. The Morgan fingerprint density at radius 2 is 1.90 bits per heavy atom. The zero-order valence-corrected chi connectivity index (χ0v) is 11.5. The molecule has 0 radical (unpaired) electrons. The molecular formula is C15H19F2NO2. The van der Waals surface area contributed by atoms with Crippen LogP contribution in [0.5, 0.6) is 5.75 Å². The third-order valence-electron chi connectivity index (χ3n) is 4.53. The summed E-state index contributed by atoms with van der Waals surface area (Å²) in [7, 11) is 1.27. The first-order valence-electron chi connectivity index (χ1n) is 6.99. The Morgan fingerprint density at radius 1 is 1.25 bits per heavy atom. The number of rotatable bonds is 3. The second-order valence-corrected chi connectivity index (χ2v) is 5.89. The van der Waals surface area contributed by atoms with Gasteiger partial charge in [-0.2, -0.15) is 0 Å². The van der Waals surface area contributed by atoms with Crippen LogP contribution < -0.4 is 4.74 Å². The minimum atomic E-state index is -0.671. The van der Waals surface area contributed by atoms with E-state index in [1.54, 1.807) is 0 Å². The van der Waals surface area contributed by atoms with Crippen LogP contribution >= 0.6 is 0 Å². The first-order valence-corrected chi connectivity index (χ1v) is 6.99. The highest BCUT2D eigenvalue weighted by molar-refractivity contribution is 5.32. The summed E-state index contributed by atoms with van der Waals surface area (Å²) >= 11 is 0. The standard InChI is InChI=1S/C15H19F2NO2/c1-20-15-13(16)3-2-9(14(15)17)6-18-7-10-4-12(19)5-11(10)8-18/h2-3,10-12,19H,4-8H2,1H3/t10-,11+,12?. The molecule has 1 N–H and O–H groups in total. The van der Waals surface area contributed by atoms with Gasteiger partial charge < -0.3 is 9.84 Å². The first-order chi connectivity index (χ1) is 9.58. The molecule has 110 valence electrons. The van der Waals surface area contributed by atoms with Crippen molar-refractivity contribution >= 4 is 0 Å². The molecule has 20 heavy (non-hydrogen) atoms. The number of halogens is 2.